The van der Waals surface area contributed by atoms with Crippen molar-refractivity contribution < 1.29 is 4.79 Å². The molecule has 1 rings (SSSR count). The fraction of sp³-hybridized carbons (Fsp3) is 0.917. The Morgan fingerprint density at radius 1 is 1.47 bits per heavy atom. The van der Waals surface area contributed by atoms with Crippen LogP contribution in [-0.2, 0) is 4.79 Å². The van der Waals surface area contributed by atoms with Gasteiger partial charge in [-0.2, -0.15) is 0 Å². The molecule has 3 heteroatoms. The smallest absolute Gasteiger partial charge is 0.224 e. The van der Waals surface area contributed by atoms with Crippen LogP contribution in [0, 0.1) is 11.3 Å². The van der Waals surface area contributed by atoms with Gasteiger partial charge in [-0.3, -0.25) is 4.79 Å². The van der Waals surface area contributed by atoms with Gasteiger partial charge in [-0.05, 0) is 24.7 Å². The summed E-state index contributed by atoms with van der Waals surface area (Å²) in [5.41, 5.74) is 6.08. The lowest BCUT2D eigenvalue weighted by Crippen LogP contribution is -2.42. The Balaban J connectivity index is 2.36. The van der Waals surface area contributed by atoms with Crippen molar-refractivity contribution in [2.24, 2.45) is 17.1 Å². The summed E-state index contributed by atoms with van der Waals surface area (Å²) < 4.78 is 0. The number of nitrogens with one attached hydrogen (secondary N) is 1. The van der Waals surface area contributed by atoms with Crippen LogP contribution in [0.5, 0.6) is 0 Å². The van der Waals surface area contributed by atoms with E-state index in [4.69, 9.17) is 5.73 Å². The molecule has 0 spiro atoms. The van der Waals surface area contributed by atoms with Crippen LogP contribution in [0.2, 0.25) is 0 Å². The number of carbonyl (C=O) groups excluding carboxylic acids is 1. The van der Waals surface area contributed by atoms with Gasteiger partial charge in [0.15, 0.2) is 0 Å². The van der Waals surface area contributed by atoms with Crippen LogP contribution in [0.1, 0.15) is 46.5 Å². The van der Waals surface area contributed by atoms with E-state index in [0.29, 0.717) is 0 Å². The van der Waals surface area contributed by atoms with Crippen molar-refractivity contribution in [2.75, 3.05) is 6.54 Å². The molecule has 0 saturated heterocycles. The van der Waals surface area contributed by atoms with E-state index >= 15 is 0 Å². The van der Waals surface area contributed by atoms with Crippen LogP contribution in [0.15, 0.2) is 0 Å². The van der Waals surface area contributed by atoms with Crippen LogP contribution in [0.3, 0.4) is 0 Å². The Bertz CT molecular complexity index is 226. The summed E-state index contributed by atoms with van der Waals surface area (Å²) in [6.45, 7) is 7.24. The zero-order valence-electron chi connectivity index (χ0n) is 10.2. The number of hydrogen-bond donors (Lipinski definition) is 2. The average molecular weight is 212 g/mol. The van der Waals surface area contributed by atoms with Gasteiger partial charge in [-0.1, -0.05) is 27.2 Å². The van der Waals surface area contributed by atoms with Gasteiger partial charge in [0.05, 0.1) is 5.92 Å². The lowest BCUT2D eigenvalue weighted by Gasteiger charge is -2.24. The largest absolute Gasteiger partial charge is 0.355 e. The van der Waals surface area contributed by atoms with E-state index in [1.807, 2.05) is 0 Å². The van der Waals surface area contributed by atoms with Crippen LogP contribution < -0.4 is 11.1 Å². The van der Waals surface area contributed by atoms with Gasteiger partial charge in [-0.15, -0.1) is 0 Å². The van der Waals surface area contributed by atoms with E-state index in [1.165, 1.54) is 0 Å². The Morgan fingerprint density at radius 2 is 2.13 bits per heavy atom. The van der Waals surface area contributed by atoms with E-state index < -0.39 is 0 Å². The lowest BCUT2D eigenvalue weighted by atomic mass is 9.90. The minimum Gasteiger partial charge on any atom is -0.355 e. The van der Waals surface area contributed by atoms with Gasteiger partial charge in [0, 0.05) is 12.6 Å². The summed E-state index contributed by atoms with van der Waals surface area (Å²) in [4.78, 5) is 11.8. The minimum absolute atomic E-state index is 0.0534. The highest BCUT2D eigenvalue weighted by molar-refractivity contribution is 5.79. The van der Waals surface area contributed by atoms with Gasteiger partial charge in [0.1, 0.15) is 0 Å². The maximum Gasteiger partial charge on any atom is 0.224 e. The van der Waals surface area contributed by atoms with Crippen LogP contribution in [0.4, 0.5) is 0 Å². The summed E-state index contributed by atoms with van der Waals surface area (Å²) >= 11 is 0. The monoisotopic (exact) mass is 212 g/mol. The van der Waals surface area contributed by atoms with E-state index in [-0.39, 0.29) is 23.3 Å². The van der Waals surface area contributed by atoms with Gasteiger partial charge < -0.3 is 11.1 Å². The number of carbonyl (C=O) groups is 1. The normalized spacial score (nSPS) is 26.7. The molecule has 3 nitrogen and oxygen atoms in total. The van der Waals surface area contributed by atoms with Gasteiger partial charge >= 0.3 is 0 Å². The summed E-state index contributed by atoms with van der Waals surface area (Å²) in [5.74, 6) is 0.208. The molecule has 0 heterocycles. The second kappa shape index (κ2) is 4.97. The van der Waals surface area contributed by atoms with Gasteiger partial charge in [0.25, 0.3) is 0 Å². The molecule has 1 amide bonds. The van der Waals surface area contributed by atoms with E-state index in [9.17, 15) is 4.79 Å². The number of rotatable bonds is 4. The van der Waals surface area contributed by atoms with Crippen molar-refractivity contribution in [1.82, 2.24) is 5.32 Å². The Morgan fingerprint density at radius 3 is 2.60 bits per heavy atom. The fourth-order valence-corrected chi connectivity index (χ4v) is 1.90. The maximum absolute atomic E-state index is 11.8. The zero-order chi connectivity index (χ0) is 11.5. The first kappa shape index (κ1) is 12.5. The third-order valence-electron chi connectivity index (χ3n) is 3.60. The summed E-state index contributed by atoms with van der Waals surface area (Å²) in [6.07, 6.45) is 4.12. The molecule has 88 valence electrons. The number of hydrogen-bond acceptors (Lipinski definition) is 2. The van der Waals surface area contributed by atoms with Crippen molar-refractivity contribution in [1.29, 1.82) is 0 Å². The molecule has 2 atom stereocenters. The number of amides is 1. The molecule has 0 aromatic heterocycles. The molecule has 1 aliphatic carbocycles. The topological polar surface area (TPSA) is 55.1 Å². The fourth-order valence-electron chi connectivity index (χ4n) is 1.90. The second-order valence-electron chi connectivity index (χ2n) is 5.44. The highest BCUT2D eigenvalue weighted by Gasteiger charge is 2.30. The quantitative estimate of drug-likeness (QED) is 0.744. The van der Waals surface area contributed by atoms with Crippen LogP contribution in [0.25, 0.3) is 0 Å². The molecule has 0 aromatic carbocycles. The summed E-state index contributed by atoms with van der Waals surface area (Å²) in [6, 6.07) is 0.0785. The van der Waals surface area contributed by atoms with Gasteiger partial charge in [-0.25, -0.2) is 0 Å². The average Bonchev–Trinajstić information content (AvgIpc) is 2.61. The van der Waals surface area contributed by atoms with E-state index in [0.717, 1.165) is 32.2 Å². The first-order valence-corrected chi connectivity index (χ1v) is 5.99. The molecule has 1 fully saturated rings. The van der Waals surface area contributed by atoms with Crippen molar-refractivity contribution >= 4 is 5.91 Å². The molecular formula is C12H24N2O. The SMILES string of the molecule is CCC(C)(C)CNC(=O)C1CCCC1N. The molecule has 1 saturated carbocycles. The first-order valence-electron chi connectivity index (χ1n) is 5.99. The Labute approximate surface area is 92.8 Å². The molecule has 1 aliphatic rings. The molecule has 0 aromatic rings. The van der Waals surface area contributed by atoms with Crippen molar-refractivity contribution in [3.63, 3.8) is 0 Å². The second-order valence-corrected chi connectivity index (χ2v) is 5.44. The van der Waals surface area contributed by atoms with Crippen molar-refractivity contribution in [3.8, 4) is 0 Å². The van der Waals surface area contributed by atoms with Crippen molar-refractivity contribution in [2.45, 2.75) is 52.5 Å². The molecule has 15 heavy (non-hydrogen) atoms. The van der Waals surface area contributed by atoms with Crippen LogP contribution >= 0.6 is 0 Å². The zero-order valence-corrected chi connectivity index (χ0v) is 10.2. The predicted octanol–water partition coefficient (Wildman–Crippen LogP) is 1.67. The number of nitrogens with two attached hydrogens (primary N) is 1. The predicted molar refractivity (Wildman–Crippen MR) is 62.4 cm³/mol. The highest BCUT2D eigenvalue weighted by atomic mass is 16.1. The molecular weight excluding hydrogens is 188 g/mol. The summed E-state index contributed by atoms with van der Waals surface area (Å²) in [7, 11) is 0. The molecule has 3 N–H and O–H groups in total. The molecule has 0 radical (unpaired) electrons. The third-order valence-corrected chi connectivity index (χ3v) is 3.60. The lowest BCUT2D eigenvalue weighted by molar-refractivity contribution is -0.125. The Kier molecular flexibility index (Phi) is 4.14. The maximum atomic E-state index is 11.8. The van der Waals surface area contributed by atoms with Crippen LogP contribution in [-0.4, -0.2) is 18.5 Å². The molecule has 2 unspecified atom stereocenters. The minimum atomic E-state index is 0.0534. The molecule has 0 bridgehead atoms. The standard InChI is InChI=1S/C12H24N2O/c1-4-12(2,3)8-14-11(15)9-6-5-7-10(9)13/h9-10H,4-8,13H2,1-3H3,(H,14,15). The Hall–Kier alpha value is -0.570. The highest BCUT2D eigenvalue weighted by Crippen LogP contribution is 2.24. The summed E-state index contributed by atoms with van der Waals surface area (Å²) in [5, 5.41) is 3.03. The van der Waals surface area contributed by atoms with E-state index in [1.54, 1.807) is 0 Å². The first-order chi connectivity index (χ1) is 6.96. The van der Waals surface area contributed by atoms with Crippen molar-refractivity contribution in [3.05, 3.63) is 0 Å². The third kappa shape index (κ3) is 3.49. The van der Waals surface area contributed by atoms with Gasteiger partial charge in [0.2, 0.25) is 5.91 Å². The van der Waals surface area contributed by atoms with E-state index in [2.05, 4.69) is 26.1 Å². The molecule has 0 aliphatic heterocycles.